The van der Waals surface area contributed by atoms with E-state index >= 15 is 0 Å². The van der Waals surface area contributed by atoms with Crippen LogP contribution in [0.25, 0.3) is 0 Å². The molecule has 5 nitrogen and oxygen atoms in total. The molecule has 1 N–H and O–H groups in total. The summed E-state index contributed by atoms with van der Waals surface area (Å²) in [4.78, 5) is 11.8. The molecule has 2 aromatic rings. The first-order valence-electron chi connectivity index (χ1n) is 7.87. The van der Waals surface area contributed by atoms with Crippen LogP contribution in [0.5, 0.6) is 0 Å². The van der Waals surface area contributed by atoms with Crippen LogP contribution in [0.1, 0.15) is 11.1 Å². The molecule has 0 aliphatic carbocycles. The van der Waals surface area contributed by atoms with Crippen molar-refractivity contribution in [3.05, 3.63) is 64.7 Å². The number of carbonyl (C=O) groups is 1. The number of carboxylic acids is 1. The van der Waals surface area contributed by atoms with Crippen LogP contribution in [0, 0.1) is 0 Å². The van der Waals surface area contributed by atoms with Gasteiger partial charge in [0, 0.05) is 28.8 Å². The van der Waals surface area contributed by atoms with Gasteiger partial charge in [0.05, 0.1) is 12.7 Å². The number of aliphatic carboxylic acids is 1. The highest BCUT2D eigenvalue weighted by Gasteiger charge is 2.17. The third-order valence-corrected chi connectivity index (χ3v) is 6.04. The van der Waals surface area contributed by atoms with Crippen molar-refractivity contribution in [3.8, 4) is 0 Å². The van der Waals surface area contributed by atoms with Crippen LogP contribution in [-0.4, -0.2) is 42.4 Å². The summed E-state index contributed by atoms with van der Waals surface area (Å²) in [6.45, 7) is 0.557. The van der Waals surface area contributed by atoms with Crippen molar-refractivity contribution >= 4 is 39.4 Å². The number of hydrogen-bond acceptors (Lipinski definition) is 4. The van der Waals surface area contributed by atoms with Crippen molar-refractivity contribution < 1.29 is 18.3 Å². The number of hydrogen-bond donors (Lipinski definition) is 1. The van der Waals surface area contributed by atoms with Gasteiger partial charge in [-0.25, -0.2) is 8.42 Å². The molecule has 2 rings (SSSR count). The second-order valence-corrected chi connectivity index (χ2v) is 9.38. The first-order chi connectivity index (χ1) is 12.2. The van der Waals surface area contributed by atoms with Gasteiger partial charge in [-0.15, -0.1) is 11.8 Å². The van der Waals surface area contributed by atoms with Gasteiger partial charge in [-0.2, -0.15) is 4.31 Å². The highest BCUT2D eigenvalue weighted by Crippen LogP contribution is 2.22. The minimum Gasteiger partial charge on any atom is -0.481 e. The van der Waals surface area contributed by atoms with E-state index in [9.17, 15) is 13.2 Å². The molecule has 0 spiro atoms. The van der Waals surface area contributed by atoms with Crippen LogP contribution in [0.2, 0.25) is 5.02 Å². The highest BCUT2D eigenvalue weighted by molar-refractivity contribution is 7.99. The summed E-state index contributed by atoms with van der Waals surface area (Å²) >= 11 is 7.49. The summed E-state index contributed by atoms with van der Waals surface area (Å²) in [6.07, 6.45) is 1.09. The summed E-state index contributed by atoms with van der Waals surface area (Å²) in [5, 5.41) is 9.54. The molecule has 0 heterocycles. The summed E-state index contributed by atoms with van der Waals surface area (Å²) in [6, 6.07) is 14.4. The topological polar surface area (TPSA) is 74.7 Å². The van der Waals surface area contributed by atoms with E-state index in [2.05, 4.69) is 0 Å². The van der Waals surface area contributed by atoms with Crippen LogP contribution < -0.4 is 0 Å². The van der Waals surface area contributed by atoms with E-state index < -0.39 is 16.0 Å². The number of thioether (sulfide) groups is 1. The second kappa shape index (κ2) is 9.41. The fourth-order valence-electron chi connectivity index (χ4n) is 2.40. The number of carboxylic acid groups (broad SMARTS) is 1. The molecule has 8 heteroatoms. The van der Waals surface area contributed by atoms with Gasteiger partial charge >= 0.3 is 5.97 Å². The van der Waals surface area contributed by atoms with Crippen LogP contribution >= 0.6 is 23.4 Å². The van der Waals surface area contributed by atoms with Gasteiger partial charge in [0.25, 0.3) is 0 Å². The molecule has 0 atom stereocenters. The van der Waals surface area contributed by atoms with Crippen molar-refractivity contribution in [1.82, 2.24) is 4.31 Å². The first-order valence-corrected chi connectivity index (χ1v) is 11.1. The van der Waals surface area contributed by atoms with Crippen LogP contribution in [0.3, 0.4) is 0 Å². The molecular weight excluding hydrogens is 394 g/mol. The number of rotatable bonds is 9. The zero-order valence-electron chi connectivity index (χ0n) is 14.3. The lowest BCUT2D eigenvalue weighted by atomic mass is 10.1. The molecule has 0 unspecified atom stereocenters. The summed E-state index contributed by atoms with van der Waals surface area (Å²) in [5.41, 5.74) is 1.42. The van der Waals surface area contributed by atoms with Crippen LogP contribution in [-0.2, 0) is 27.8 Å². The fraction of sp³-hybridized carbons (Fsp3) is 0.278. The molecule has 0 saturated carbocycles. The molecule has 26 heavy (non-hydrogen) atoms. The molecule has 2 aromatic carbocycles. The first kappa shape index (κ1) is 20.8. The standard InChI is InChI=1S/C18H20ClNO4S2/c1-26(23,24)20(8-9-25-17-7-3-6-16(19)12-17)13-15-5-2-4-14(10-15)11-18(21)22/h2-7,10,12H,8-9,11,13H2,1H3,(H,21,22). The third-order valence-electron chi connectivity index (χ3n) is 3.58. The SMILES string of the molecule is CS(=O)(=O)N(CCSc1cccc(Cl)c1)Cc1cccc(CC(=O)O)c1. The Morgan fingerprint density at radius 3 is 2.50 bits per heavy atom. The highest BCUT2D eigenvalue weighted by atomic mass is 35.5. The smallest absolute Gasteiger partial charge is 0.307 e. The minimum absolute atomic E-state index is 0.0860. The number of benzene rings is 2. The Labute approximate surface area is 163 Å². The maximum Gasteiger partial charge on any atom is 0.307 e. The van der Waals surface area contributed by atoms with Crippen LogP contribution in [0.4, 0.5) is 0 Å². The Morgan fingerprint density at radius 1 is 1.15 bits per heavy atom. The fourth-order valence-corrected chi connectivity index (χ4v) is 4.51. The molecule has 0 amide bonds. The predicted octanol–water partition coefficient (Wildman–Crippen LogP) is 3.52. The molecule has 0 bridgehead atoms. The Morgan fingerprint density at radius 2 is 1.85 bits per heavy atom. The number of sulfonamides is 1. The summed E-state index contributed by atoms with van der Waals surface area (Å²) < 4.78 is 25.6. The Bertz CT molecular complexity index is 871. The van der Waals surface area contributed by atoms with E-state index in [-0.39, 0.29) is 13.0 Å². The molecule has 140 valence electrons. The Kier molecular flexibility index (Phi) is 7.52. The predicted molar refractivity (Wildman–Crippen MR) is 105 cm³/mol. The largest absolute Gasteiger partial charge is 0.481 e. The molecule has 0 aliphatic rings. The van der Waals surface area contributed by atoms with Gasteiger partial charge in [0.15, 0.2) is 0 Å². The zero-order valence-corrected chi connectivity index (χ0v) is 16.6. The van der Waals surface area contributed by atoms with Crippen molar-refractivity contribution in [3.63, 3.8) is 0 Å². The minimum atomic E-state index is -3.38. The lowest BCUT2D eigenvalue weighted by Crippen LogP contribution is -2.31. The molecule has 0 radical (unpaired) electrons. The van der Waals surface area contributed by atoms with E-state index in [0.29, 0.717) is 22.9 Å². The van der Waals surface area contributed by atoms with Crippen LogP contribution in [0.15, 0.2) is 53.4 Å². The van der Waals surface area contributed by atoms with Gasteiger partial charge in [0.1, 0.15) is 0 Å². The number of halogens is 1. The van der Waals surface area contributed by atoms with Crippen molar-refractivity contribution in [1.29, 1.82) is 0 Å². The van der Waals surface area contributed by atoms with Gasteiger partial charge in [-0.3, -0.25) is 4.79 Å². The van der Waals surface area contributed by atoms with Gasteiger partial charge in [0.2, 0.25) is 10.0 Å². The van der Waals surface area contributed by atoms with E-state index in [1.807, 2.05) is 18.2 Å². The Hall–Kier alpha value is -1.54. The molecule has 0 fully saturated rings. The zero-order chi connectivity index (χ0) is 19.2. The maximum absolute atomic E-state index is 12.1. The summed E-state index contributed by atoms with van der Waals surface area (Å²) in [7, 11) is -3.38. The lowest BCUT2D eigenvalue weighted by molar-refractivity contribution is -0.136. The van der Waals surface area contributed by atoms with E-state index in [4.69, 9.17) is 16.7 Å². The maximum atomic E-state index is 12.1. The van der Waals surface area contributed by atoms with Crippen molar-refractivity contribution in [2.45, 2.75) is 17.9 Å². The normalized spacial score (nSPS) is 11.7. The van der Waals surface area contributed by atoms with Crippen molar-refractivity contribution in [2.24, 2.45) is 0 Å². The average molecular weight is 414 g/mol. The monoisotopic (exact) mass is 413 g/mol. The van der Waals surface area contributed by atoms with E-state index in [1.54, 1.807) is 30.3 Å². The Balaban J connectivity index is 2.02. The van der Waals surface area contributed by atoms with Gasteiger partial charge in [-0.05, 0) is 29.3 Å². The third kappa shape index (κ3) is 6.99. The molecule has 0 aliphatic heterocycles. The number of nitrogens with zero attached hydrogens (tertiary/aromatic N) is 1. The molecular formula is C18H20ClNO4S2. The average Bonchev–Trinajstić information content (AvgIpc) is 2.53. The molecule has 0 aromatic heterocycles. The quantitative estimate of drug-likeness (QED) is 0.636. The van der Waals surface area contributed by atoms with E-state index in [0.717, 1.165) is 10.5 Å². The molecule has 0 saturated heterocycles. The van der Waals surface area contributed by atoms with Gasteiger partial charge in [-0.1, -0.05) is 41.9 Å². The second-order valence-electron chi connectivity index (χ2n) is 5.79. The van der Waals surface area contributed by atoms with Gasteiger partial charge < -0.3 is 5.11 Å². The summed E-state index contributed by atoms with van der Waals surface area (Å²) in [5.74, 6) is -0.331. The lowest BCUT2D eigenvalue weighted by Gasteiger charge is -2.20. The van der Waals surface area contributed by atoms with Crippen molar-refractivity contribution in [2.75, 3.05) is 18.6 Å². The van der Waals surface area contributed by atoms with E-state index in [1.165, 1.54) is 22.3 Å².